The van der Waals surface area contributed by atoms with Gasteiger partial charge in [-0.1, -0.05) is 0 Å². The third-order valence-corrected chi connectivity index (χ3v) is 3.72. The number of esters is 1. The van der Waals surface area contributed by atoms with E-state index < -0.39 is 11.9 Å². The van der Waals surface area contributed by atoms with Gasteiger partial charge in [-0.05, 0) is 19.1 Å². The second-order valence-corrected chi connectivity index (χ2v) is 5.01. The molecule has 0 saturated carbocycles. The quantitative estimate of drug-likeness (QED) is 0.609. The first-order valence-electron chi connectivity index (χ1n) is 7.27. The average molecular weight is 307 g/mol. The Morgan fingerprint density at radius 1 is 1.27 bits per heavy atom. The van der Waals surface area contributed by atoms with Gasteiger partial charge in [0, 0.05) is 31.3 Å². The fourth-order valence-electron chi connectivity index (χ4n) is 2.54. The lowest BCUT2D eigenvalue weighted by Gasteiger charge is -2.32. The van der Waals surface area contributed by atoms with E-state index in [-0.39, 0.29) is 12.4 Å². The van der Waals surface area contributed by atoms with Crippen LogP contribution >= 0.6 is 0 Å². The van der Waals surface area contributed by atoms with Gasteiger partial charge in [-0.2, -0.15) is 0 Å². The number of methoxy groups -OCH3 is 2. The molecule has 1 aliphatic rings. The minimum atomic E-state index is -0.721. The summed E-state index contributed by atoms with van der Waals surface area (Å²) in [6.07, 6.45) is 0.331. The number of anilines is 1. The molecule has 1 atom stereocenters. The molecule has 120 valence electrons. The summed E-state index contributed by atoms with van der Waals surface area (Å²) in [7, 11) is 3.15. The molecule has 1 aromatic carbocycles. The molecule has 1 aliphatic heterocycles. The zero-order valence-electron chi connectivity index (χ0n) is 13.1. The van der Waals surface area contributed by atoms with Gasteiger partial charge < -0.3 is 19.1 Å². The van der Waals surface area contributed by atoms with Crippen molar-refractivity contribution in [2.45, 2.75) is 13.3 Å². The lowest BCUT2D eigenvalue weighted by molar-refractivity contribution is -0.151. The molecule has 6 heteroatoms. The van der Waals surface area contributed by atoms with Crippen LogP contribution in [0, 0.1) is 5.92 Å². The zero-order chi connectivity index (χ0) is 16.1. The molecule has 0 spiro atoms. The molecule has 1 saturated heterocycles. The Balaban J connectivity index is 2.18. The summed E-state index contributed by atoms with van der Waals surface area (Å²) in [4.78, 5) is 25.8. The van der Waals surface area contributed by atoms with E-state index in [0.717, 1.165) is 5.69 Å². The fourth-order valence-corrected chi connectivity index (χ4v) is 2.54. The maximum Gasteiger partial charge on any atom is 0.318 e. The first-order valence-corrected chi connectivity index (χ1v) is 7.27. The number of nitrogens with zero attached hydrogens (tertiary/aromatic N) is 1. The Bertz CT molecular complexity index is 557. The van der Waals surface area contributed by atoms with Crippen molar-refractivity contribution in [3.63, 3.8) is 0 Å². The number of Topliss-reactive ketones (excluding diaryl/α,β-unsaturated/α-hetero) is 1. The number of piperidine rings is 1. The third-order valence-electron chi connectivity index (χ3n) is 3.72. The van der Waals surface area contributed by atoms with Gasteiger partial charge in [-0.15, -0.1) is 0 Å². The van der Waals surface area contributed by atoms with Crippen LogP contribution in [-0.2, 0) is 14.3 Å². The van der Waals surface area contributed by atoms with E-state index in [4.69, 9.17) is 14.2 Å². The first-order chi connectivity index (χ1) is 10.6. The van der Waals surface area contributed by atoms with Crippen molar-refractivity contribution in [3.05, 3.63) is 18.2 Å². The summed E-state index contributed by atoms with van der Waals surface area (Å²) in [6, 6.07) is 5.54. The molecule has 1 aromatic rings. The largest absolute Gasteiger partial charge is 0.493 e. The standard InChI is InChI=1S/C16H21NO5/c1-4-22-16(19)12-10-17(8-7-13(12)18)11-5-6-14(20-2)15(9-11)21-3/h5-6,9,12H,4,7-8,10H2,1-3H3. The van der Waals surface area contributed by atoms with Crippen LogP contribution in [0.1, 0.15) is 13.3 Å². The maximum absolute atomic E-state index is 11.9. The van der Waals surface area contributed by atoms with Crippen molar-refractivity contribution in [3.8, 4) is 11.5 Å². The normalized spacial score (nSPS) is 18.0. The number of ether oxygens (including phenoxy) is 3. The van der Waals surface area contributed by atoms with Gasteiger partial charge in [0.15, 0.2) is 17.3 Å². The highest BCUT2D eigenvalue weighted by atomic mass is 16.5. The van der Waals surface area contributed by atoms with Crippen molar-refractivity contribution in [1.82, 2.24) is 0 Å². The van der Waals surface area contributed by atoms with Gasteiger partial charge in [0.05, 0.1) is 20.8 Å². The molecule has 6 nitrogen and oxygen atoms in total. The van der Waals surface area contributed by atoms with Gasteiger partial charge in [-0.3, -0.25) is 9.59 Å². The van der Waals surface area contributed by atoms with Crippen LogP contribution in [0.25, 0.3) is 0 Å². The van der Waals surface area contributed by atoms with Crippen molar-refractivity contribution >= 4 is 17.4 Å². The van der Waals surface area contributed by atoms with E-state index in [1.54, 1.807) is 21.1 Å². The zero-order valence-corrected chi connectivity index (χ0v) is 13.1. The Kier molecular flexibility index (Phi) is 5.25. The molecule has 0 bridgehead atoms. The van der Waals surface area contributed by atoms with Crippen molar-refractivity contribution in [1.29, 1.82) is 0 Å². The summed E-state index contributed by atoms with van der Waals surface area (Å²) in [5, 5.41) is 0. The van der Waals surface area contributed by atoms with Gasteiger partial charge in [0.25, 0.3) is 0 Å². The van der Waals surface area contributed by atoms with Crippen LogP contribution in [0.5, 0.6) is 11.5 Å². The average Bonchev–Trinajstić information content (AvgIpc) is 2.54. The van der Waals surface area contributed by atoms with E-state index >= 15 is 0 Å². The molecule has 0 aliphatic carbocycles. The molecule has 1 unspecified atom stereocenters. The van der Waals surface area contributed by atoms with Gasteiger partial charge in [-0.25, -0.2) is 0 Å². The minimum Gasteiger partial charge on any atom is -0.493 e. The van der Waals surface area contributed by atoms with Crippen LogP contribution in [0.15, 0.2) is 18.2 Å². The molecule has 0 amide bonds. The fraction of sp³-hybridized carbons (Fsp3) is 0.500. The minimum absolute atomic E-state index is 0.0600. The van der Waals surface area contributed by atoms with Crippen molar-refractivity contribution in [2.75, 3.05) is 38.8 Å². The second kappa shape index (κ2) is 7.15. The molecule has 0 radical (unpaired) electrons. The maximum atomic E-state index is 11.9. The van der Waals surface area contributed by atoms with Gasteiger partial charge >= 0.3 is 5.97 Å². The van der Waals surface area contributed by atoms with E-state index in [9.17, 15) is 9.59 Å². The van der Waals surface area contributed by atoms with E-state index in [0.29, 0.717) is 31.0 Å². The molecule has 0 aromatic heterocycles. The predicted molar refractivity (Wildman–Crippen MR) is 81.5 cm³/mol. The smallest absolute Gasteiger partial charge is 0.318 e. The summed E-state index contributed by atoms with van der Waals surface area (Å²) >= 11 is 0. The van der Waals surface area contributed by atoms with Gasteiger partial charge in [0.2, 0.25) is 0 Å². The van der Waals surface area contributed by atoms with Crippen LogP contribution in [0.2, 0.25) is 0 Å². The lowest BCUT2D eigenvalue weighted by atomic mass is 9.96. The highest BCUT2D eigenvalue weighted by Crippen LogP contribution is 2.32. The second-order valence-electron chi connectivity index (χ2n) is 5.01. The Morgan fingerprint density at radius 3 is 2.64 bits per heavy atom. The molecule has 2 rings (SSSR count). The summed E-state index contributed by atoms with van der Waals surface area (Å²) in [6.45, 7) is 2.91. The summed E-state index contributed by atoms with van der Waals surface area (Å²) in [5.74, 6) is 0.0283. The number of hydrogen-bond donors (Lipinski definition) is 0. The van der Waals surface area contributed by atoms with Crippen molar-refractivity contribution < 1.29 is 23.8 Å². The lowest BCUT2D eigenvalue weighted by Crippen LogP contribution is -2.45. The summed E-state index contributed by atoms with van der Waals surface area (Å²) < 4.78 is 15.5. The van der Waals surface area contributed by atoms with Gasteiger partial charge in [0.1, 0.15) is 5.92 Å². The number of rotatable bonds is 5. The number of benzene rings is 1. The highest BCUT2D eigenvalue weighted by molar-refractivity contribution is 6.00. The Labute approximate surface area is 129 Å². The van der Waals surface area contributed by atoms with Crippen LogP contribution in [-0.4, -0.2) is 45.7 Å². The molecule has 1 fully saturated rings. The van der Waals surface area contributed by atoms with Crippen molar-refractivity contribution in [2.24, 2.45) is 5.92 Å². The number of ketones is 1. The molecular weight excluding hydrogens is 286 g/mol. The first kappa shape index (κ1) is 16.1. The molecular formula is C16H21NO5. The monoisotopic (exact) mass is 307 g/mol. The van der Waals surface area contributed by atoms with Crippen LogP contribution < -0.4 is 14.4 Å². The molecule has 0 N–H and O–H groups in total. The molecule has 22 heavy (non-hydrogen) atoms. The number of carbonyl (C=O) groups is 2. The van der Waals surface area contributed by atoms with E-state index in [1.165, 1.54) is 0 Å². The molecule has 1 heterocycles. The number of carbonyl (C=O) groups excluding carboxylic acids is 2. The number of hydrogen-bond acceptors (Lipinski definition) is 6. The Hall–Kier alpha value is -2.24. The predicted octanol–water partition coefficient (Wildman–Crippen LogP) is 1.66. The third kappa shape index (κ3) is 3.32. The Morgan fingerprint density at radius 2 is 2.00 bits per heavy atom. The van der Waals surface area contributed by atoms with Crippen LogP contribution in [0.4, 0.5) is 5.69 Å². The topological polar surface area (TPSA) is 65.1 Å². The highest BCUT2D eigenvalue weighted by Gasteiger charge is 2.34. The van der Waals surface area contributed by atoms with E-state index in [2.05, 4.69) is 0 Å². The SMILES string of the molecule is CCOC(=O)C1CN(c2ccc(OC)c(OC)c2)CCC1=O. The van der Waals surface area contributed by atoms with Crippen LogP contribution in [0.3, 0.4) is 0 Å². The summed E-state index contributed by atoms with van der Waals surface area (Å²) in [5.41, 5.74) is 0.888. The van der Waals surface area contributed by atoms with E-state index in [1.807, 2.05) is 23.1 Å².